The third-order valence-electron chi connectivity index (χ3n) is 3.97. The molecule has 1 aliphatic heterocycles. The van der Waals surface area contributed by atoms with E-state index in [4.69, 9.17) is 9.84 Å². The molecule has 0 unspecified atom stereocenters. The zero-order valence-corrected chi connectivity index (χ0v) is 12.4. The molecule has 1 saturated heterocycles. The first kappa shape index (κ1) is 15.4. The van der Waals surface area contributed by atoms with Gasteiger partial charge < -0.3 is 14.8 Å². The van der Waals surface area contributed by atoms with E-state index in [9.17, 15) is 14.4 Å². The third kappa shape index (κ3) is 3.17. The van der Waals surface area contributed by atoms with Crippen molar-refractivity contribution in [1.82, 2.24) is 14.5 Å². The molecule has 8 heteroatoms. The smallest absolute Gasteiger partial charge is 0.335 e. The summed E-state index contributed by atoms with van der Waals surface area (Å²) in [5.74, 6) is -1.11. The highest BCUT2D eigenvalue weighted by atomic mass is 16.5. The number of H-pyrrole nitrogens is 1. The first-order chi connectivity index (χ1) is 11.1. The number of ether oxygens (including phenoxy) is 1. The number of hydrogen-bond acceptors (Lipinski definition) is 5. The number of carboxylic acid groups (broad SMARTS) is 1. The molecule has 2 aromatic rings. The van der Waals surface area contributed by atoms with E-state index in [1.165, 1.54) is 18.2 Å². The Labute approximate surface area is 130 Å². The van der Waals surface area contributed by atoms with Crippen LogP contribution in [0.5, 0.6) is 0 Å². The molecule has 2 heterocycles. The lowest BCUT2D eigenvalue weighted by atomic mass is 10.1. The van der Waals surface area contributed by atoms with Crippen LogP contribution >= 0.6 is 0 Å². The van der Waals surface area contributed by atoms with Crippen molar-refractivity contribution in [3.8, 4) is 0 Å². The molecule has 0 atom stereocenters. The van der Waals surface area contributed by atoms with Crippen LogP contribution in [0.15, 0.2) is 27.8 Å². The lowest BCUT2D eigenvalue weighted by molar-refractivity contribution is 0.0361. The molecule has 0 spiro atoms. The first-order valence-electron chi connectivity index (χ1n) is 7.36. The van der Waals surface area contributed by atoms with Gasteiger partial charge in [0.1, 0.15) is 0 Å². The molecule has 2 N–H and O–H groups in total. The highest BCUT2D eigenvalue weighted by Crippen LogP contribution is 2.09. The van der Waals surface area contributed by atoms with Gasteiger partial charge in [-0.3, -0.25) is 14.3 Å². The second kappa shape index (κ2) is 6.35. The number of aromatic nitrogens is 2. The van der Waals surface area contributed by atoms with Crippen molar-refractivity contribution >= 4 is 16.9 Å². The van der Waals surface area contributed by atoms with Crippen molar-refractivity contribution in [3.05, 3.63) is 44.6 Å². The SMILES string of the molecule is O=C(O)c1ccc2c(=O)n(CCN3CCOCC3)c(=O)[nH]c2c1. The van der Waals surface area contributed by atoms with Crippen molar-refractivity contribution in [1.29, 1.82) is 0 Å². The summed E-state index contributed by atoms with van der Waals surface area (Å²) in [5.41, 5.74) is -0.673. The summed E-state index contributed by atoms with van der Waals surface area (Å²) in [6, 6.07) is 4.09. The topological polar surface area (TPSA) is 105 Å². The van der Waals surface area contributed by atoms with E-state index in [2.05, 4.69) is 9.88 Å². The molecule has 1 aliphatic rings. The number of nitrogens with zero attached hydrogens (tertiary/aromatic N) is 2. The molecular formula is C15H17N3O5. The van der Waals surface area contributed by atoms with E-state index in [0.717, 1.165) is 17.7 Å². The minimum absolute atomic E-state index is 0.0265. The van der Waals surface area contributed by atoms with Gasteiger partial charge in [-0.2, -0.15) is 0 Å². The number of nitrogens with one attached hydrogen (secondary N) is 1. The van der Waals surface area contributed by atoms with Crippen LogP contribution in [-0.2, 0) is 11.3 Å². The molecule has 8 nitrogen and oxygen atoms in total. The highest BCUT2D eigenvalue weighted by molar-refractivity contribution is 5.92. The summed E-state index contributed by atoms with van der Waals surface area (Å²) in [5, 5.41) is 9.28. The van der Waals surface area contributed by atoms with Gasteiger partial charge in [0, 0.05) is 26.2 Å². The van der Waals surface area contributed by atoms with Gasteiger partial charge >= 0.3 is 11.7 Å². The Morgan fingerprint density at radius 3 is 2.65 bits per heavy atom. The quantitative estimate of drug-likeness (QED) is 0.803. The predicted molar refractivity (Wildman–Crippen MR) is 83.0 cm³/mol. The number of hydrogen-bond donors (Lipinski definition) is 2. The van der Waals surface area contributed by atoms with Gasteiger partial charge in [-0.05, 0) is 18.2 Å². The zero-order chi connectivity index (χ0) is 16.4. The number of morpholine rings is 1. The lowest BCUT2D eigenvalue weighted by Crippen LogP contribution is -2.42. The van der Waals surface area contributed by atoms with Gasteiger partial charge in [0.15, 0.2) is 0 Å². The molecule has 0 amide bonds. The summed E-state index contributed by atoms with van der Waals surface area (Å²) in [6.07, 6.45) is 0. The maximum atomic E-state index is 12.5. The molecule has 3 rings (SSSR count). The zero-order valence-electron chi connectivity index (χ0n) is 12.4. The van der Waals surface area contributed by atoms with E-state index in [1.807, 2.05) is 0 Å². The Morgan fingerprint density at radius 2 is 1.96 bits per heavy atom. The van der Waals surface area contributed by atoms with Crippen molar-refractivity contribution in [3.63, 3.8) is 0 Å². The van der Waals surface area contributed by atoms with E-state index >= 15 is 0 Å². The average Bonchev–Trinajstić information content (AvgIpc) is 2.55. The van der Waals surface area contributed by atoms with Crippen LogP contribution in [0.1, 0.15) is 10.4 Å². The van der Waals surface area contributed by atoms with Gasteiger partial charge in [-0.25, -0.2) is 9.59 Å². The van der Waals surface area contributed by atoms with Crippen LogP contribution in [0.4, 0.5) is 0 Å². The van der Waals surface area contributed by atoms with Crippen LogP contribution in [0.2, 0.25) is 0 Å². The van der Waals surface area contributed by atoms with Crippen molar-refractivity contribution in [2.45, 2.75) is 6.54 Å². The number of rotatable bonds is 4. The predicted octanol–water partition coefficient (Wildman–Crippen LogP) is -0.280. The Morgan fingerprint density at radius 1 is 1.22 bits per heavy atom. The molecule has 0 aliphatic carbocycles. The van der Waals surface area contributed by atoms with E-state index < -0.39 is 17.2 Å². The number of fused-ring (bicyclic) bond motifs is 1. The minimum Gasteiger partial charge on any atom is -0.478 e. The minimum atomic E-state index is -1.11. The van der Waals surface area contributed by atoms with Crippen LogP contribution in [0, 0.1) is 0 Å². The number of carbonyl (C=O) groups is 1. The number of aromatic amines is 1. The molecule has 0 saturated carbocycles. The van der Waals surface area contributed by atoms with Crippen LogP contribution in [0.25, 0.3) is 10.9 Å². The summed E-state index contributed by atoms with van der Waals surface area (Å²) in [4.78, 5) is 40.3. The Kier molecular flexibility index (Phi) is 4.26. The van der Waals surface area contributed by atoms with Gasteiger partial charge in [-0.1, -0.05) is 0 Å². The van der Waals surface area contributed by atoms with Crippen LogP contribution in [0.3, 0.4) is 0 Å². The van der Waals surface area contributed by atoms with Crippen LogP contribution in [-0.4, -0.2) is 58.4 Å². The highest BCUT2D eigenvalue weighted by Gasteiger charge is 2.13. The van der Waals surface area contributed by atoms with Gasteiger partial charge in [0.2, 0.25) is 0 Å². The number of aromatic carboxylic acids is 1. The normalized spacial score (nSPS) is 15.8. The molecule has 122 valence electrons. The first-order valence-corrected chi connectivity index (χ1v) is 7.36. The fourth-order valence-corrected chi connectivity index (χ4v) is 2.66. The summed E-state index contributed by atoms with van der Waals surface area (Å²) in [6.45, 7) is 3.74. The van der Waals surface area contributed by atoms with Gasteiger partial charge in [-0.15, -0.1) is 0 Å². The lowest BCUT2D eigenvalue weighted by Gasteiger charge is -2.26. The van der Waals surface area contributed by atoms with Crippen molar-refractivity contribution in [2.24, 2.45) is 0 Å². The standard InChI is InChI=1S/C15H17N3O5/c19-13-11-2-1-10(14(20)21)9-12(11)16-15(22)18(13)4-3-17-5-7-23-8-6-17/h1-2,9H,3-8H2,(H,16,22)(H,20,21). The third-order valence-corrected chi connectivity index (χ3v) is 3.97. The molecular weight excluding hydrogens is 302 g/mol. The Hall–Kier alpha value is -2.45. The number of benzene rings is 1. The molecule has 23 heavy (non-hydrogen) atoms. The fourth-order valence-electron chi connectivity index (χ4n) is 2.66. The second-order valence-electron chi connectivity index (χ2n) is 5.41. The van der Waals surface area contributed by atoms with Gasteiger partial charge in [0.25, 0.3) is 5.56 Å². The maximum Gasteiger partial charge on any atom is 0.335 e. The van der Waals surface area contributed by atoms with E-state index in [-0.39, 0.29) is 17.6 Å². The van der Waals surface area contributed by atoms with E-state index in [1.54, 1.807) is 0 Å². The summed E-state index contributed by atoms with van der Waals surface area (Å²) >= 11 is 0. The Balaban J connectivity index is 1.91. The largest absolute Gasteiger partial charge is 0.478 e. The average molecular weight is 319 g/mol. The molecule has 1 aromatic carbocycles. The van der Waals surface area contributed by atoms with E-state index in [0.29, 0.717) is 25.1 Å². The molecule has 0 radical (unpaired) electrons. The van der Waals surface area contributed by atoms with Gasteiger partial charge in [0.05, 0.1) is 29.7 Å². The van der Waals surface area contributed by atoms with Crippen LogP contribution < -0.4 is 11.2 Å². The molecule has 1 aromatic heterocycles. The monoisotopic (exact) mass is 319 g/mol. The number of carboxylic acids is 1. The molecule has 0 bridgehead atoms. The summed E-state index contributed by atoms with van der Waals surface area (Å²) in [7, 11) is 0. The summed E-state index contributed by atoms with van der Waals surface area (Å²) < 4.78 is 6.41. The second-order valence-corrected chi connectivity index (χ2v) is 5.41. The molecule has 1 fully saturated rings. The maximum absolute atomic E-state index is 12.5. The Bertz CT molecular complexity index is 848. The van der Waals surface area contributed by atoms with Crippen molar-refractivity contribution < 1.29 is 14.6 Å². The van der Waals surface area contributed by atoms with Crippen molar-refractivity contribution in [2.75, 3.05) is 32.8 Å². The fraction of sp³-hybridized carbons (Fsp3) is 0.400.